The average Bonchev–Trinajstić information content (AvgIpc) is 1.97. The molecule has 0 bridgehead atoms. The molecule has 0 spiro atoms. The molecule has 0 aromatic heterocycles. The molecule has 0 aliphatic rings. The van der Waals surface area contributed by atoms with E-state index in [0.717, 1.165) is 12.8 Å². The molecular formula is C9H14O2. The van der Waals surface area contributed by atoms with E-state index in [1.54, 1.807) is 19.1 Å². The van der Waals surface area contributed by atoms with Crippen molar-refractivity contribution in [1.29, 1.82) is 0 Å². The van der Waals surface area contributed by atoms with Crippen LogP contribution in [0, 0.1) is 0 Å². The summed E-state index contributed by atoms with van der Waals surface area (Å²) in [6.45, 7) is 3.78. The van der Waals surface area contributed by atoms with E-state index in [2.05, 4.69) is 6.92 Å². The molecule has 0 amide bonds. The van der Waals surface area contributed by atoms with Crippen LogP contribution < -0.4 is 0 Å². The standard InChI is InChI=1S/C9H14O2/c1-3-5-6-7-8(4-2)9(10)11/h4,6-7H,3,5H2,1-2H3,(H,10,11)/b7-6+,8-4-. The van der Waals surface area contributed by atoms with E-state index in [1.807, 2.05) is 6.08 Å². The van der Waals surface area contributed by atoms with Gasteiger partial charge in [-0.15, -0.1) is 0 Å². The van der Waals surface area contributed by atoms with Crippen LogP contribution in [0.5, 0.6) is 0 Å². The van der Waals surface area contributed by atoms with Gasteiger partial charge >= 0.3 is 5.97 Å². The third kappa shape index (κ3) is 4.37. The molecule has 0 heterocycles. The lowest BCUT2D eigenvalue weighted by atomic mass is 10.2. The van der Waals surface area contributed by atoms with Gasteiger partial charge in [0.1, 0.15) is 0 Å². The maximum absolute atomic E-state index is 10.4. The van der Waals surface area contributed by atoms with Crippen LogP contribution in [0.2, 0.25) is 0 Å². The molecule has 11 heavy (non-hydrogen) atoms. The number of hydrogen-bond donors (Lipinski definition) is 1. The van der Waals surface area contributed by atoms with E-state index in [0.29, 0.717) is 5.57 Å². The van der Waals surface area contributed by atoms with Crippen LogP contribution in [-0.2, 0) is 4.79 Å². The number of carboxylic acid groups (broad SMARTS) is 1. The van der Waals surface area contributed by atoms with Crippen molar-refractivity contribution in [3.05, 3.63) is 23.8 Å². The third-order valence-electron chi connectivity index (χ3n) is 1.31. The smallest absolute Gasteiger partial charge is 0.335 e. The summed E-state index contributed by atoms with van der Waals surface area (Å²) in [4.78, 5) is 10.4. The van der Waals surface area contributed by atoms with Gasteiger partial charge in [0.2, 0.25) is 0 Å². The Bertz CT molecular complexity index is 178. The summed E-state index contributed by atoms with van der Waals surface area (Å²) in [6.07, 6.45) is 7.10. The number of hydrogen-bond acceptors (Lipinski definition) is 1. The molecule has 0 saturated carbocycles. The Morgan fingerprint density at radius 2 is 2.18 bits per heavy atom. The lowest BCUT2D eigenvalue weighted by molar-refractivity contribution is -0.132. The SMILES string of the molecule is C/C=C(/C=C/CCC)C(=O)O. The highest BCUT2D eigenvalue weighted by atomic mass is 16.4. The first-order chi connectivity index (χ1) is 5.22. The monoisotopic (exact) mass is 154 g/mol. The van der Waals surface area contributed by atoms with Crippen LogP contribution in [0.25, 0.3) is 0 Å². The van der Waals surface area contributed by atoms with Crippen molar-refractivity contribution in [2.45, 2.75) is 26.7 Å². The predicted molar refractivity (Wildman–Crippen MR) is 45.4 cm³/mol. The molecule has 0 unspecified atom stereocenters. The van der Waals surface area contributed by atoms with Crippen LogP contribution in [0.1, 0.15) is 26.7 Å². The summed E-state index contributed by atoms with van der Waals surface area (Å²) in [6, 6.07) is 0. The van der Waals surface area contributed by atoms with E-state index in [9.17, 15) is 4.79 Å². The van der Waals surface area contributed by atoms with Crippen LogP contribution in [-0.4, -0.2) is 11.1 Å². The lowest BCUT2D eigenvalue weighted by Crippen LogP contribution is -1.96. The van der Waals surface area contributed by atoms with Crippen molar-refractivity contribution >= 4 is 5.97 Å². The second kappa shape index (κ2) is 5.71. The fourth-order valence-electron chi connectivity index (χ4n) is 0.668. The second-order valence-corrected chi connectivity index (χ2v) is 2.24. The van der Waals surface area contributed by atoms with Crippen molar-refractivity contribution < 1.29 is 9.90 Å². The van der Waals surface area contributed by atoms with Gasteiger partial charge in [-0.1, -0.05) is 31.6 Å². The summed E-state index contributed by atoms with van der Waals surface area (Å²) in [5.41, 5.74) is 0.360. The minimum atomic E-state index is -0.861. The Labute approximate surface area is 67.2 Å². The lowest BCUT2D eigenvalue weighted by Gasteiger charge is -1.90. The zero-order valence-electron chi connectivity index (χ0n) is 7.00. The highest BCUT2D eigenvalue weighted by molar-refractivity contribution is 5.89. The molecule has 0 radical (unpaired) electrons. The van der Waals surface area contributed by atoms with Gasteiger partial charge in [-0.3, -0.25) is 0 Å². The summed E-state index contributed by atoms with van der Waals surface area (Å²) < 4.78 is 0. The Morgan fingerprint density at radius 1 is 1.55 bits per heavy atom. The molecule has 1 N–H and O–H groups in total. The molecule has 0 aliphatic heterocycles. The van der Waals surface area contributed by atoms with Gasteiger partial charge in [-0.25, -0.2) is 4.79 Å². The zero-order valence-corrected chi connectivity index (χ0v) is 7.00. The number of unbranched alkanes of at least 4 members (excludes halogenated alkanes) is 1. The summed E-state index contributed by atoms with van der Waals surface area (Å²) in [7, 11) is 0. The van der Waals surface area contributed by atoms with Crippen LogP contribution in [0.4, 0.5) is 0 Å². The molecule has 62 valence electrons. The number of aliphatic carboxylic acids is 1. The van der Waals surface area contributed by atoms with Crippen molar-refractivity contribution in [3.8, 4) is 0 Å². The van der Waals surface area contributed by atoms with Crippen molar-refractivity contribution in [2.75, 3.05) is 0 Å². The van der Waals surface area contributed by atoms with Crippen molar-refractivity contribution in [2.24, 2.45) is 0 Å². The highest BCUT2D eigenvalue weighted by Crippen LogP contribution is 1.98. The number of carbonyl (C=O) groups is 1. The molecule has 0 rings (SSSR count). The molecule has 0 aromatic rings. The molecule has 0 fully saturated rings. The van der Waals surface area contributed by atoms with E-state index >= 15 is 0 Å². The number of rotatable bonds is 4. The van der Waals surface area contributed by atoms with Crippen molar-refractivity contribution in [1.82, 2.24) is 0 Å². The number of allylic oxidation sites excluding steroid dienone is 2. The van der Waals surface area contributed by atoms with E-state index < -0.39 is 5.97 Å². The molecule has 2 heteroatoms. The Balaban J connectivity index is 4.00. The predicted octanol–water partition coefficient (Wildman–Crippen LogP) is 2.37. The molecule has 0 atom stereocenters. The fraction of sp³-hybridized carbons (Fsp3) is 0.444. The summed E-state index contributed by atoms with van der Waals surface area (Å²) in [5.74, 6) is -0.861. The third-order valence-corrected chi connectivity index (χ3v) is 1.31. The first-order valence-corrected chi connectivity index (χ1v) is 3.78. The highest BCUT2D eigenvalue weighted by Gasteiger charge is 1.98. The van der Waals surface area contributed by atoms with E-state index in [1.165, 1.54) is 0 Å². The minimum absolute atomic E-state index is 0.360. The molecule has 2 nitrogen and oxygen atoms in total. The minimum Gasteiger partial charge on any atom is -0.478 e. The zero-order chi connectivity index (χ0) is 8.69. The molecular weight excluding hydrogens is 140 g/mol. The van der Waals surface area contributed by atoms with Crippen molar-refractivity contribution in [3.63, 3.8) is 0 Å². The van der Waals surface area contributed by atoms with Gasteiger partial charge in [0.05, 0.1) is 5.57 Å². The summed E-state index contributed by atoms with van der Waals surface area (Å²) >= 11 is 0. The maximum atomic E-state index is 10.4. The summed E-state index contributed by atoms with van der Waals surface area (Å²) in [5, 5.41) is 8.55. The maximum Gasteiger partial charge on any atom is 0.335 e. The van der Waals surface area contributed by atoms with Crippen LogP contribution >= 0.6 is 0 Å². The Morgan fingerprint density at radius 3 is 2.55 bits per heavy atom. The van der Waals surface area contributed by atoms with Crippen LogP contribution in [0.3, 0.4) is 0 Å². The number of carboxylic acids is 1. The Kier molecular flexibility index (Phi) is 5.17. The molecule has 0 aromatic carbocycles. The topological polar surface area (TPSA) is 37.3 Å². The van der Waals surface area contributed by atoms with Gasteiger partial charge in [0.25, 0.3) is 0 Å². The molecule has 0 saturated heterocycles. The average molecular weight is 154 g/mol. The normalized spacial score (nSPS) is 12.4. The second-order valence-electron chi connectivity index (χ2n) is 2.24. The Hall–Kier alpha value is -1.05. The largest absolute Gasteiger partial charge is 0.478 e. The fourth-order valence-corrected chi connectivity index (χ4v) is 0.668. The van der Waals surface area contributed by atoms with Crippen LogP contribution in [0.15, 0.2) is 23.8 Å². The molecule has 0 aliphatic carbocycles. The van der Waals surface area contributed by atoms with Gasteiger partial charge in [0.15, 0.2) is 0 Å². The van der Waals surface area contributed by atoms with E-state index in [4.69, 9.17) is 5.11 Å². The first-order valence-electron chi connectivity index (χ1n) is 3.78. The van der Waals surface area contributed by atoms with E-state index in [-0.39, 0.29) is 0 Å². The first kappa shape index (κ1) is 9.95. The van der Waals surface area contributed by atoms with Gasteiger partial charge in [-0.05, 0) is 13.3 Å². The van der Waals surface area contributed by atoms with Gasteiger partial charge in [0, 0.05) is 0 Å². The van der Waals surface area contributed by atoms with Gasteiger partial charge in [-0.2, -0.15) is 0 Å². The quantitative estimate of drug-likeness (QED) is 0.498. The van der Waals surface area contributed by atoms with Gasteiger partial charge < -0.3 is 5.11 Å².